The van der Waals surface area contributed by atoms with Gasteiger partial charge in [-0.1, -0.05) is 0 Å². The maximum atomic E-state index is 12.3. The first-order valence-electron chi connectivity index (χ1n) is 9.74. The Morgan fingerprint density at radius 2 is 1.75 bits per heavy atom. The average molecular weight is 380 g/mol. The van der Waals surface area contributed by atoms with Gasteiger partial charge in [-0.2, -0.15) is 0 Å². The summed E-state index contributed by atoms with van der Waals surface area (Å²) in [6.45, 7) is 3.33. The van der Waals surface area contributed by atoms with Crippen LogP contribution < -0.4 is 15.8 Å². The molecule has 7 nitrogen and oxygen atoms in total. The van der Waals surface area contributed by atoms with Gasteiger partial charge in [0.2, 0.25) is 11.5 Å². The van der Waals surface area contributed by atoms with E-state index in [1.54, 1.807) is 0 Å². The predicted molar refractivity (Wildman–Crippen MR) is 108 cm³/mol. The lowest BCUT2D eigenvalue weighted by atomic mass is 10.2. The number of pyridine rings is 1. The molecule has 1 saturated heterocycles. The molecule has 0 atom stereocenters. The van der Waals surface area contributed by atoms with Crippen LogP contribution in [0.5, 0.6) is 0 Å². The number of aromatic amines is 1. The molecule has 4 rings (SSSR count). The molecule has 1 aliphatic heterocycles. The fourth-order valence-corrected chi connectivity index (χ4v) is 3.50. The summed E-state index contributed by atoms with van der Waals surface area (Å²) in [5.74, 6) is 0.326. The number of carbonyl (C=O) groups is 2. The third-order valence-electron chi connectivity index (χ3n) is 5.27. The minimum Gasteiger partial charge on any atom is -0.370 e. The van der Waals surface area contributed by atoms with Crippen molar-refractivity contribution >= 4 is 23.2 Å². The maximum absolute atomic E-state index is 12.3. The lowest BCUT2D eigenvalue weighted by Crippen LogP contribution is -2.36. The summed E-state index contributed by atoms with van der Waals surface area (Å²) in [5, 5.41) is 2.83. The first kappa shape index (κ1) is 18.3. The Bertz CT molecular complexity index is 897. The molecule has 1 aliphatic carbocycles. The highest BCUT2D eigenvalue weighted by atomic mass is 16.2. The molecular weight excluding hydrogens is 356 g/mol. The standard InChI is InChI=1S/C21H24N4O3/c26-19-9-4-16(14-22-19)20(27)23-17-5-7-18(8-6-17)24-10-1-11-25(13-12-24)21(28)15-2-3-15/h4-9,14-15H,1-3,10-13H2,(H,22,26)(H,23,27). The number of hydrogen-bond acceptors (Lipinski definition) is 4. The summed E-state index contributed by atoms with van der Waals surface area (Å²) in [4.78, 5) is 42.4. The number of carbonyl (C=O) groups excluding carboxylic acids is 2. The quantitative estimate of drug-likeness (QED) is 0.850. The van der Waals surface area contributed by atoms with Crippen LogP contribution in [0, 0.1) is 5.92 Å². The van der Waals surface area contributed by atoms with Gasteiger partial charge >= 0.3 is 0 Å². The van der Waals surface area contributed by atoms with E-state index in [-0.39, 0.29) is 17.4 Å². The van der Waals surface area contributed by atoms with Crippen LogP contribution in [0.2, 0.25) is 0 Å². The molecule has 0 radical (unpaired) electrons. The van der Waals surface area contributed by atoms with Gasteiger partial charge in [0, 0.05) is 55.7 Å². The largest absolute Gasteiger partial charge is 0.370 e. The zero-order chi connectivity index (χ0) is 19.5. The Morgan fingerprint density at radius 3 is 2.43 bits per heavy atom. The van der Waals surface area contributed by atoms with Crippen molar-refractivity contribution in [1.82, 2.24) is 9.88 Å². The SMILES string of the molecule is O=C(Nc1ccc(N2CCCN(C(=O)C3CC3)CC2)cc1)c1ccc(=O)[nH]c1. The van der Waals surface area contributed by atoms with Crippen LogP contribution in [0.1, 0.15) is 29.6 Å². The lowest BCUT2D eigenvalue weighted by molar-refractivity contribution is -0.132. The highest BCUT2D eigenvalue weighted by molar-refractivity contribution is 6.04. The van der Waals surface area contributed by atoms with Crippen LogP contribution >= 0.6 is 0 Å². The number of rotatable bonds is 4. The Hall–Kier alpha value is -3.09. The topological polar surface area (TPSA) is 85.5 Å². The molecule has 2 heterocycles. The molecule has 1 saturated carbocycles. The molecule has 146 valence electrons. The molecule has 1 aromatic heterocycles. The summed E-state index contributed by atoms with van der Waals surface area (Å²) < 4.78 is 0. The number of nitrogens with zero attached hydrogens (tertiary/aromatic N) is 2. The summed E-state index contributed by atoms with van der Waals surface area (Å²) >= 11 is 0. The number of nitrogens with one attached hydrogen (secondary N) is 2. The third kappa shape index (κ3) is 4.24. The highest BCUT2D eigenvalue weighted by Crippen LogP contribution is 2.31. The molecule has 28 heavy (non-hydrogen) atoms. The number of anilines is 2. The Balaban J connectivity index is 1.36. The van der Waals surface area contributed by atoms with Crippen molar-refractivity contribution in [1.29, 1.82) is 0 Å². The molecule has 0 bridgehead atoms. The highest BCUT2D eigenvalue weighted by Gasteiger charge is 2.33. The number of H-pyrrole nitrogens is 1. The second kappa shape index (κ2) is 7.88. The molecule has 1 aromatic carbocycles. The van der Waals surface area contributed by atoms with Crippen LogP contribution in [0.25, 0.3) is 0 Å². The summed E-state index contributed by atoms with van der Waals surface area (Å²) in [5.41, 5.74) is 1.94. The van der Waals surface area contributed by atoms with E-state index in [9.17, 15) is 14.4 Å². The van der Waals surface area contributed by atoms with Gasteiger partial charge in [0.15, 0.2) is 0 Å². The van der Waals surface area contributed by atoms with Crippen molar-refractivity contribution in [3.63, 3.8) is 0 Å². The molecule has 2 aliphatic rings. The van der Waals surface area contributed by atoms with E-state index < -0.39 is 0 Å². The average Bonchev–Trinajstić information content (AvgIpc) is 3.56. The second-order valence-electron chi connectivity index (χ2n) is 7.38. The van der Waals surface area contributed by atoms with Crippen LogP contribution in [0.3, 0.4) is 0 Å². The molecule has 7 heteroatoms. The van der Waals surface area contributed by atoms with Crippen molar-refractivity contribution < 1.29 is 9.59 Å². The van der Waals surface area contributed by atoms with Gasteiger partial charge in [0.1, 0.15) is 0 Å². The normalized spacial score (nSPS) is 17.1. The van der Waals surface area contributed by atoms with Crippen LogP contribution in [0.4, 0.5) is 11.4 Å². The minimum absolute atomic E-state index is 0.240. The molecule has 0 unspecified atom stereocenters. The van der Waals surface area contributed by atoms with Gasteiger partial charge in [0.25, 0.3) is 5.91 Å². The van der Waals surface area contributed by atoms with E-state index in [0.29, 0.717) is 17.2 Å². The summed E-state index contributed by atoms with van der Waals surface area (Å²) in [7, 11) is 0. The Morgan fingerprint density at radius 1 is 0.964 bits per heavy atom. The molecule has 2 aromatic rings. The monoisotopic (exact) mass is 380 g/mol. The maximum Gasteiger partial charge on any atom is 0.257 e. The fraction of sp³-hybridized carbons (Fsp3) is 0.381. The van der Waals surface area contributed by atoms with Gasteiger partial charge < -0.3 is 20.1 Å². The van der Waals surface area contributed by atoms with Gasteiger partial charge in [0.05, 0.1) is 5.56 Å². The summed E-state index contributed by atoms with van der Waals surface area (Å²) in [6, 6.07) is 10.5. The van der Waals surface area contributed by atoms with Crippen molar-refractivity contribution in [2.45, 2.75) is 19.3 Å². The minimum atomic E-state index is -0.270. The number of amides is 2. The van der Waals surface area contributed by atoms with Crippen LogP contribution in [0.15, 0.2) is 47.4 Å². The summed E-state index contributed by atoms with van der Waals surface area (Å²) in [6.07, 6.45) is 4.46. The van der Waals surface area contributed by atoms with E-state index in [1.807, 2.05) is 29.2 Å². The molecule has 2 N–H and O–H groups in total. The van der Waals surface area contributed by atoms with E-state index in [4.69, 9.17) is 0 Å². The van der Waals surface area contributed by atoms with Gasteiger partial charge in [-0.25, -0.2) is 0 Å². The smallest absolute Gasteiger partial charge is 0.257 e. The zero-order valence-electron chi connectivity index (χ0n) is 15.7. The van der Waals surface area contributed by atoms with E-state index in [1.165, 1.54) is 18.3 Å². The number of benzene rings is 1. The van der Waals surface area contributed by atoms with E-state index >= 15 is 0 Å². The first-order chi connectivity index (χ1) is 13.6. The van der Waals surface area contributed by atoms with Crippen LogP contribution in [-0.2, 0) is 4.79 Å². The second-order valence-corrected chi connectivity index (χ2v) is 7.38. The van der Waals surface area contributed by atoms with Crippen molar-refractivity contribution in [3.8, 4) is 0 Å². The first-order valence-corrected chi connectivity index (χ1v) is 9.74. The Labute approximate surface area is 163 Å². The van der Waals surface area contributed by atoms with Crippen LogP contribution in [-0.4, -0.2) is 47.9 Å². The molecule has 0 spiro atoms. The third-order valence-corrected chi connectivity index (χ3v) is 5.27. The van der Waals surface area contributed by atoms with Gasteiger partial charge in [-0.3, -0.25) is 14.4 Å². The number of hydrogen-bond donors (Lipinski definition) is 2. The van der Waals surface area contributed by atoms with E-state index in [2.05, 4.69) is 15.2 Å². The van der Waals surface area contributed by atoms with Gasteiger partial charge in [-0.15, -0.1) is 0 Å². The van der Waals surface area contributed by atoms with Crippen molar-refractivity contribution in [2.24, 2.45) is 5.92 Å². The van der Waals surface area contributed by atoms with Gasteiger partial charge in [-0.05, 0) is 49.6 Å². The van der Waals surface area contributed by atoms with Crippen molar-refractivity contribution in [2.75, 3.05) is 36.4 Å². The zero-order valence-corrected chi connectivity index (χ0v) is 15.7. The molecular formula is C21H24N4O3. The fourth-order valence-electron chi connectivity index (χ4n) is 3.50. The Kier molecular flexibility index (Phi) is 5.14. The predicted octanol–water partition coefficient (Wildman–Crippen LogP) is 2.08. The number of aromatic nitrogens is 1. The van der Waals surface area contributed by atoms with E-state index in [0.717, 1.165) is 51.1 Å². The molecule has 2 amide bonds. The lowest BCUT2D eigenvalue weighted by Gasteiger charge is -2.24. The van der Waals surface area contributed by atoms with Crippen molar-refractivity contribution in [3.05, 3.63) is 58.5 Å². The molecule has 2 fully saturated rings.